The molecule has 6 heterocycles. The molecule has 0 bridgehead atoms. The van der Waals surface area contributed by atoms with Crippen molar-refractivity contribution in [1.29, 1.82) is 0 Å². The third-order valence-electron chi connectivity index (χ3n) is 4.59. The predicted molar refractivity (Wildman–Crippen MR) is 116 cm³/mol. The third-order valence-corrected chi connectivity index (χ3v) is 4.59. The van der Waals surface area contributed by atoms with E-state index >= 15 is 0 Å². The molecule has 0 N–H and O–H groups in total. The number of hydrogen-bond acceptors (Lipinski definition) is 10. The average Bonchev–Trinajstić information content (AvgIpc) is 2.85. The van der Waals surface area contributed by atoms with Gasteiger partial charge in [-0.05, 0) is 36.4 Å². The highest BCUT2D eigenvalue weighted by Gasteiger charge is 2.35. The average molecular weight is 404 g/mol. The normalized spacial score (nSPS) is 16.8. The minimum absolute atomic E-state index is 0.380. The van der Waals surface area contributed by atoms with Crippen LogP contribution in [0, 0.1) is 0 Å². The topological polar surface area (TPSA) is 116 Å². The molecule has 0 spiro atoms. The molecule has 10 heteroatoms. The second-order valence-corrected chi connectivity index (χ2v) is 6.60. The Morgan fingerprint density at radius 1 is 0.452 bits per heavy atom. The number of nitrogens with zero attached hydrogens (tertiary/aromatic N) is 10. The molecule has 0 fully saturated rings. The van der Waals surface area contributed by atoms with Gasteiger partial charge in [-0.2, -0.15) is 30.0 Å². The summed E-state index contributed by atoms with van der Waals surface area (Å²) >= 11 is 0. The van der Waals surface area contributed by atoms with Crippen molar-refractivity contribution < 1.29 is 0 Å². The largest absolute Gasteiger partial charge is 0.264 e. The first kappa shape index (κ1) is 17.2. The zero-order valence-corrected chi connectivity index (χ0v) is 15.9. The first-order valence-corrected chi connectivity index (χ1v) is 9.39. The standard InChI is InChI=1S/C21H12N10/c1-4-13(10-22-7-1)16-25-19-27-17(14-5-2-8-23-11-14)29-21-30-18(15-6-3-9-24-12-15)28-20(26-16)31(19)21/h1-12H. The van der Waals surface area contributed by atoms with Crippen molar-refractivity contribution in [2.75, 3.05) is 0 Å². The molecule has 146 valence electrons. The lowest BCUT2D eigenvalue weighted by atomic mass is 10.2. The van der Waals surface area contributed by atoms with Crippen LogP contribution in [0.25, 0.3) is 0 Å². The van der Waals surface area contributed by atoms with Gasteiger partial charge in [0.15, 0.2) is 17.5 Å². The van der Waals surface area contributed by atoms with Crippen LogP contribution in [0.4, 0.5) is 0 Å². The number of guanidine groups is 3. The molecule has 0 saturated heterocycles. The fourth-order valence-corrected chi connectivity index (χ4v) is 3.16. The lowest BCUT2D eigenvalue weighted by molar-refractivity contribution is 0.828. The van der Waals surface area contributed by atoms with E-state index in [1.807, 2.05) is 36.4 Å². The van der Waals surface area contributed by atoms with Gasteiger partial charge in [0, 0.05) is 53.9 Å². The molecule has 6 rings (SSSR count). The van der Waals surface area contributed by atoms with Gasteiger partial charge in [0.1, 0.15) is 0 Å². The van der Waals surface area contributed by atoms with Crippen LogP contribution < -0.4 is 0 Å². The summed E-state index contributed by atoms with van der Waals surface area (Å²) in [7, 11) is 0. The molecule has 0 aromatic carbocycles. The zero-order valence-electron chi connectivity index (χ0n) is 15.9. The molecule has 0 unspecified atom stereocenters. The molecule has 3 aromatic rings. The lowest BCUT2D eigenvalue weighted by Crippen LogP contribution is -2.48. The van der Waals surface area contributed by atoms with Gasteiger partial charge >= 0.3 is 0 Å². The maximum absolute atomic E-state index is 4.63. The maximum atomic E-state index is 4.63. The Hall–Kier alpha value is -4.73. The van der Waals surface area contributed by atoms with E-state index in [-0.39, 0.29) is 0 Å². The van der Waals surface area contributed by atoms with Gasteiger partial charge < -0.3 is 0 Å². The molecule has 3 aromatic heterocycles. The molecule has 3 aliphatic rings. The van der Waals surface area contributed by atoms with E-state index in [1.165, 1.54) is 0 Å². The van der Waals surface area contributed by atoms with Crippen LogP contribution in [0.5, 0.6) is 0 Å². The van der Waals surface area contributed by atoms with E-state index in [1.54, 1.807) is 42.1 Å². The van der Waals surface area contributed by atoms with Crippen molar-refractivity contribution in [2.45, 2.75) is 0 Å². The predicted octanol–water partition coefficient (Wildman–Crippen LogP) is 1.92. The summed E-state index contributed by atoms with van der Waals surface area (Å²) in [6.45, 7) is 0. The van der Waals surface area contributed by atoms with Crippen molar-refractivity contribution >= 4 is 35.4 Å². The summed E-state index contributed by atoms with van der Waals surface area (Å²) in [5, 5.41) is 0. The van der Waals surface area contributed by atoms with Gasteiger partial charge in [0.25, 0.3) is 0 Å². The first-order chi connectivity index (χ1) is 15.3. The van der Waals surface area contributed by atoms with Crippen LogP contribution in [0.2, 0.25) is 0 Å². The number of pyridine rings is 3. The minimum Gasteiger partial charge on any atom is -0.264 e. The van der Waals surface area contributed by atoms with E-state index in [9.17, 15) is 0 Å². The smallest absolute Gasteiger partial charge is 0.243 e. The fraction of sp³-hybridized carbons (Fsp3) is 0. The summed E-state index contributed by atoms with van der Waals surface area (Å²) < 4.78 is 0. The van der Waals surface area contributed by atoms with E-state index in [0.29, 0.717) is 35.4 Å². The van der Waals surface area contributed by atoms with Crippen molar-refractivity contribution in [3.8, 4) is 0 Å². The van der Waals surface area contributed by atoms with E-state index < -0.39 is 0 Å². The molecule has 0 atom stereocenters. The van der Waals surface area contributed by atoms with Gasteiger partial charge in [0.05, 0.1) is 0 Å². The highest BCUT2D eigenvalue weighted by molar-refractivity contribution is 6.34. The van der Waals surface area contributed by atoms with Crippen LogP contribution in [0.1, 0.15) is 16.7 Å². The molecular formula is C21H12N10. The summed E-state index contributed by atoms with van der Waals surface area (Å²) in [5.74, 6) is 2.52. The molecule has 0 amide bonds. The van der Waals surface area contributed by atoms with E-state index in [4.69, 9.17) is 0 Å². The Labute approximate surface area is 176 Å². The number of amidine groups is 3. The lowest BCUT2D eigenvalue weighted by Gasteiger charge is -2.30. The van der Waals surface area contributed by atoms with Gasteiger partial charge in [-0.25, -0.2) is 4.90 Å². The third kappa shape index (κ3) is 3.02. The van der Waals surface area contributed by atoms with Crippen LogP contribution in [0.15, 0.2) is 104 Å². The Morgan fingerprint density at radius 3 is 1.10 bits per heavy atom. The maximum Gasteiger partial charge on any atom is 0.243 e. The van der Waals surface area contributed by atoms with E-state index in [2.05, 4.69) is 44.9 Å². The van der Waals surface area contributed by atoms with Crippen LogP contribution in [-0.4, -0.2) is 55.2 Å². The van der Waals surface area contributed by atoms with Gasteiger partial charge in [-0.3, -0.25) is 15.0 Å². The summed E-state index contributed by atoms with van der Waals surface area (Å²) in [6.07, 6.45) is 10.2. The second-order valence-electron chi connectivity index (χ2n) is 6.60. The minimum atomic E-state index is 0.380. The van der Waals surface area contributed by atoms with Crippen molar-refractivity contribution in [3.05, 3.63) is 90.3 Å². The number of rotatable bonds is 3. The van der Waals surface area contributed by atoms with Gasteiger partial charge in [-0.1, -0.05) is 0 Å². The summed E-state index contributed by atoms with van der Waals surface area (Å²) in [5.41, 5.74) is 2.26. The molecular weight excluding hydrogens is 392 g/mol. The van der Waals surface area contributed by atoms with Crippen molar-refractivity contribution in [2.24, 2.45) is 30.0 Å². The monoisotopic (exact) mass is 404 g/mol. The molecule has 3 aliphatic heterocycles. The number of aromatic nitrogens is 3. The molecule has 0 radical (unpaired) electrons. The zero-order chi connectivity index (χ0) is 20.6. The highest BCUT2D eigenvalue weighted by atomic mass is 15.5. The molecule has 10 nitrogen and oxygen atoms in total. The Morgan fingerprint density at radius 2 is 0.806 bits per heavy atom. The van der Waals surface area contributed by atoms with Gasteiger partial charge in [-0.15, -0.1) is 0 Å². The molecule has 0 aliphatic carbocycles. The first-order valence-electron chi connectivity index (χ1n) is 9.39. The quantitative estimate of drug-likeness (QED) is 0.663. The van der Waals surface area contributed by atoms with E-state index in [0.717, 1.165) is 16.7 Å². The van der Waals surface area contributed by atoms with Crippen LogP contribution >= 0.6 is 0 Å². The molecule has 0 saturated carbocycles. The highest BCUT2D eigenvalue weighted by Crippen LogP contribution is 2.22. The number of hydrogen-bond donors (Lipinski definition) is 0. The SMILES string of the molecule is c1cncc(C2=NC3=NC(c4cccnc4)=NC4=NC(c5cccnc5)=NC(=N2)N34)c1. The Kier molecular flexibility index (Phi) is 3.85. The Bertz CT molecular complexity index is 1180. The van der Waals surface area contributed by atoms with Gasteiger partial charge in [0.2, 0.25) is 17.9 Å². The summed E-state index contributed by atoms with van der Waals surface area (Å²) in [4.78, 5) is 41.9. The van der Waals surface area contributed by atoms with Crippen LogP contribution in [0.3, 0.4) is 0 Å². The Balaban J connectivity index is 1.55. The van der Waals surface area contributed by atoms with Crippen LogP contribution in [-0.2, 0) is 0 Å². The number of aliphatic imine (C=N–C) groups is 6. The van der Waals surface area contributed by atoms with Crippen molar-refractivity contribution in [3.63, 3.8) is 0 Å². The molecule has 31 heavy (non-hydrogen) atoms. The summed E-state index contributed by atoms with van der Waals surface area (Å²) in [6, 6.07) is 11.1. The second kappa shape index (κ2) is 6.95. The van der Waals surface area contributed by atoms with Crippen molar-refractivity contribution in [1.82, 2.24) is 19.9 Å². The fourth-order valence-electron chi connectivity index (χ4n) is 3.16.